The highest BCUT2D eigenvalue weighted by molar-refractivity contribution is 6.30. The molecule has 30 heavy (non-hydrogen) atoms. The van der Waals surface area contributed by atoms with E-state index in [0.29, 0.717) is 17.5 Å². The normalized spacial score (nSPS) is 22.1. The van der Waals surface area contributed by atoms with Crippen LogP contribution in [-0.4, -0.2) is 53.5 Å². The molecule has 4 heterocycles. The lowest BCUT2D eigenvalue weighted by Gasteiger charge is -2.37. The van der Waals surface area contributed by atoms with Crippen LogP contribution < -0.4 is 14.8 Å². The maximum absolute atomic E-state index is 5.36. The number of guanidine groups is 1. The number of rotatable bonds is 4. The SMILES string of the molecule is COc1cc(NC2=N[N+]3(N4CCc5ncccc5C4)C=CN=CC3=N2)cc(OC)c1. The molecule has 2 aromatic rings. The number of nitrogens with zero attached hydrogens (tertiary/aromatic N) is 6. The Morgan fingerprint density at radius 1 is 1.13 bits per heavy atom. The van der Waals surface area contributed by atoms with Gasteiger partial charge in [-0.2, -0.15) is 0 Å². The number of ether oxygens (including phenoxy) is 2. The Kier molecular flexibility index (Phi) is 4.53. The molecule has 0 saturated carbocycles. The third-order valence-corrected chi connectivity index (χ3v) is 5.34. The highest BCUT2D eigenvalue weighted by atomic mass is 16.5. The van der Waals surface area contributed by atoms with Gasteiger partial charge in [-0.1, -0.05) is 6.07 Å². The van der Waals surface area contributed by atoms with Crippen LogP contribution in [0.5, 0.6) is 11.5 Å². The van der Waals surface area contributed by atoms with Crippen LogP contribution in [0.1, 0.15) is 11.3 Å². The summed E-state index contributed by atoms with van der Waals surface area (Å²) in [4.78, 5) is 13.5. The third kappa shape index (κ3) is 3.14. The van der Waals surface area contributed by atoms with Gasteiger partial charge in [-0.15, -0.1) is 10.0 Å². The molecular formula is C21H22N7O2+. The van der Waals surface area contributed by atoms with Gasteiger partial charge in [-0.3, -0.25) is 9.98 Å². The molecule has 1 aromatic carbocycles. The van der Waals surface area contributed by atoms with Crippen molar-refractivity contribution in [2.45, 2.75) is 13.0 Å². The molecule has 152 valence electrons. The Morgan fingerprint density at radius 2 is 1.97 bits per heavy atom. The van der Waals surface area contributed by atoms with Crippen LogP contribution in [0.25, 0.3) is 0 Å². The first-order valence-corrected chi connectivity index (χ1v) is 9.67. The summed E-state index contributed by atoms with van der Waals surface area (Å²) in [6, 6.07) is 9.66. The quantitative estimate of drug-likeness (QED) is 0.792. The number of hydrogen-bond acceptors (Lipinski definition) is 8. The summed E-state index contributed by atoms with van der Waals surface area (Å²) in [5.41, 5.74) is 3.13. The summed E-state index contributed by atoms with van der Waals surface area (Å²) in [7, 11) is 3.24. The molecule has 1 aromatic heterocycles. The first-order valence-electron chi connectivity index (χ1n) is 9.67. The number of benzene rings is 1. The summed E-state index contributed by atoms with van der Waals surface area (Å²) in [6.07, 6.45) is 8.17. The third-order valence-electron chi connectivity index (χ3n) is 5.34. The van der Waals surface area contributed by atoms with Crippen molar-refractivity contribution < 1.29 is 14.2 Å². The van der Waals surface area contributed by atoms with Crippen molar-refractivity contribution in [1.29, 1.82) is 0 Å². The van der Waals surface area contributed by atoms with Crippen molar-refractivity contribution in [2.75, 3.05) is 26.1 Å². The molecule has 9 heteroatoms. The topological polar surface area (TPSA) is 83.7 Å². The molecule has 0 bridgehead atoms. The molecule has 0 saturated heterocycles. The van der Waals surface area contributed by atoms with E-state index in [1.807, 2.05) is 36.7 Å². The molecule has 3 aliphatic rings. The van der Waals surface area contributed by atoms with Crippen molar-refractivity contribution in [3.05, 3.63) is 60.2 Å². The highest BCUT2D eigenvalue weighted by Crippen LogP contribution is 2.31. The average Bonchev–Trinajstić information content (AvgIpc) is 3.17. The number of nitrogens with one attached hydrogen (secondary N) is 1. The number of quaternary nitrogens is 1. The van der Waals surface area contributed by atoms with Crippen molar-refractivity contribution >= 4 is 23.7 Å². The molecule has 9 nitrogen and oxygen atoms in total. The van der Waals surface area contributed by atoms with E-state index in [-0.39, 0.29) is 4.70 Å². The second-order valence-corrected chi connectivity index (χ2v) is 7.09. The monoisotopic (exact) mass is 404 g/mol. The van der Waals surface area contributed by atoms with Gasteiger partial charge in [0.05, 0.1) is 33.5 Å². The van der Waals surface area contributed by atoms with E-state index in [1.54, 1.807) is 26.6 Å². The maximum atomic E-state index is 5.36. The van der Waals surface area contributed by atoms with E-state index in [0.717, 1.165) is 36.7 Å². The van der Waals surface area contributed by atoms with Crippen LogP contribution in [0.15, 0.2) is 64.0 Å². The van der Waals surface area contributed by atoms with Crippen LogP contribution in [0.4, 0.5) is 5.69 Å². The van der Waals surface area contributed by atoms with Crippen LogP contribution in [0.2, 0.25) is 0 Å². The summed E-state index contributed by atoms with van der Waals surface area (Å²) in [6.45, 7) is 1.54. The zero-order valence-electron chi connectivity index (χ0n) is 16.8. The van der Waals surface area contributed by atoms with Gasteiger partial charge in [0.25, 0.3) is 5.96 Å². The van der Waals surface area contributed by atoms with Crippen molar-refractivity contribution in [3.63, 3.8) is 0 Å². The first-order chi connectivity index (χ1) is 14.7. The highest BCUT2D eigenvalue weighted by Gasteiger charge is 2.47. The minimum absolute atomic E-state index is 0.154. The second-order valence-electron chi connectivity index (χ2n) is 7.09. The summed E-state index contributed by atoms with van der Waals surface area (Å²) in [5.74, 6) is 2.61. The molecule has 1 atom stereocenters. The molecule has 5 rings (SSSR count). The molecule has 1 N–H and O–H groups in total. The van der Waals surface area contributed by atoms with E-state index in [1.165, 1.54) is 5.56 Å². The van der Waals surface area contributed by atoms with Crippen molar-refractivity contribution in [2.24, 2.45) is 15.1 Å². The van der Waals surface area contributed by atoms with E-state index in [2.05, 4.69) is 26.4 Å². The molecular weight excluding hydrogens is 382 g/mol. The number of hydrogen-bond donors (Lipinski definition) is 1. The van der Waals surface area contributed by atoms with Crippen LogP contribution in [0.3, 0.4) is 0 Å². The smallest absolute Gasteiger partial charge is 0.301 e. The fourth-order valence-electron chi connectivity index (χ4n) is 3.84. The second kappa shape index (κ2) is 7.36. The summed E-state index contributed by atoms with van der Waals surface area (Å²) in [5, 5.41) is 10.5. The largest absolute Gasteiger partial charge is 0.497 e. The number of pyridine rings is 1. The van der Waals surface area contributed by atoms with Gasteiger partial charge in [0.1, 0.15) is 17.7 Å². The average molecular weight is 404 g/mol. The zero-order chi connectivity index (χ0) is 20.6. The molecule has 0 fully saturated rings. The Labute approximate surface area is 174 Å². The fraction of sp³-hybridized carbons (Fsp3) is 0.238. The number of anilines is 1. The van der Waals surface area contributed by atoms with Crippen LogP contribution in [-0.2, 0) is 13.0 Å². The number of aromatic nitrogens is 1. The standard InChI is InChI=1S/C21H22N7O2/c1-29-17-10-16(11-18(12-17)30-2)24-21-25-20-13-22-7-9-28(20,26-21)27-8-5-19-15(14-27)4-3-6-23-19/h3-4,6-7,9-13H,5,8,14H2,1-2H3,(H,24,26)/q+1. The molecule has 0 aliphatic carbocycles. The number of fused-ring (bicyclic) bond motifs is 2. The van der Waals surface area contributed by atoms with Gasteiger partial charge in [0.15, 0.2) is 6.20 Å². The van der Waals surface area contributed by atoms with Crippen LogP contribution in [0, 0.1) is 0 Å². The van der Waals surface area contributed by atoms with Gasteiger partial charge < -0.3 is 14.8 Å². The molecule has 0 spiro atoms. The first kappa shape index (κ1) is 18.5. The Bertz CT molecular complexity index is 1090. The van der Waals surface area contributed by atoms with Gasteiger partial charge in [0, 0.05) is 42.2 Å². The van der Waals surface area contributed by atoms with E-state index in [9.17, 15) is 0 Å². The number of aliphatic imine (C=N–C) groups is 2. The van der Waals surface area contributed by atoms with E-state index < -0.39 is 0 Å². The minimum atomic E-state index is 0.154. The van der Waals surface area contributed by atoms with E-state index in [4.69, 9.17) is 19.6 Å². The number of methoxy groups -OCH3 is 2. The van der Waals surface area contributed by atoms with Crippen molar-refractivity contribution in [1.82, 2.24) is 9.99 Å². The predicted octanol–water partition coefficient (Wildman–Crippen LogP) is 2.54. The lowest BCUT2D eigenvalue weighted by molar-refractivity contribution is -0.920. The van der Waals surface area contributed by atoms with Crippen LogP contribution >= 0.6 is 0 Å². The minimum Gasteiger partial charge on any atom is -0.497 e. The molecule has 3 aliphatic heterocycles. The lowest BCUT2D eigenvalue weighted by atomic mass is 10.1. The van der Waals surface area contributed by atoms with Gasteiger partial charge >= 0.3 is 5.84 Å². The Hall–Kier alpha value is -3.56. The van der Waals surface area contributed by atoms with Crippen molar-refractivity contribution in [3.8, 4) is 11.5 Å². The number of amidine groups is 1. The van der Waals surface area contributed by atoms with Gasteiger partial charge in [0.2, 0.25) is 0 Å². The van der Waals surface area contributed by atoms with Gasteiger partial charge in [-0.05, 0) is 21.4 Å². The Balaban J connectivity index is 1.47. The molecule has 0 amide bonds. The fourth-order valence-corrected chi connectivity index (χ4v) is 3.84. The Morgan fingerprint density at radius 3 is 2.77 bits per heavy atom. The molecule has 0 radical (unpaired) electrons. The zero-order valence-corrected chi connectivity index (χ0v) is 16.8. The maximum Gasteiger partial charge on any atom is 0.301 e. The molecule has 1 unspecified atom stereocenters. The van der Waals surface area contributed by atoms with Gasteiger partial charge in [-0.25, -0.2) is 0 Å². The predicted molar refractivity (Wildman–Crippen MR) is 114 cm³/mol. The van der Waals surface area contributed by atoms with E-state index >= 15 is 0 Å². The summed E-state index contributed by atoms with van der Waals surface area (Å²) < 4.78 is 10.9. The summed E-state index contributed by atoms with van der Waals surface area (Å²) >= 11 is 0. The lowest BCUT2D eigenvalue weighted by Crippen LogP contribution is -2.57.